The fourth-order valence-corrected chi connectivity index (χ4v) is 3.08. The first-order valence-corrected chi connectivity index (χ1v) is 8.48. The number of halogens is 1. The molecule has 1 aromatic carbocycles. The van der Waals surface area contributed by atoms with Crippen LogP contribution in [0.3, 0.4) is 0 Å². The Kier molecular flexibility index (Phi) is 5.33. The van der Waals surface area contributed by atoms with E-state index in [-0.39, 0.29) is 11.8 Å². The molecule has 0 fully saturated rings. The van der Waals surface area contributed by atoms with E-state index in [1.165, 1.54) is 17.8 Å². The molecule has 2 heterocycles. The summed E-state index contributed by atoms with van der Waals surface area (Å²) in [6.45, 7) is 3.17. The maximum absolute atomic E-state index is 13.2. The maximum Gasteiger partial charge on any atom is 0.317 e. The number of carbonyl (C=O) groups is 1. The van der Waals surface area contributed by atoms with Crippen molar-refractivity contribution >= 4 is 6.03 Å². The largest absolute Gasteiger partial charge is 0.334 e. The summed E-state index contributed by atoms with van der Waals surface area (Å²) >= 11 is 0. The second kappa shape index (κ2) is 7.65. The van der Waals surface area contributed by atoms with Gasteiger partial charge in [0, 0.05) is 45.3 Å². The van der Waals surface area contributed by atoms with Crippen LogP contribution < -0.4 is 5.32 Å². The third-order valence-electron chi connectivity index (χ3n) is 4.32. The molecule has 1 N–H and O–H groups in total. The number of benzene rings is 1. The van der Waals surface area contributed by atoms with Gasteiger partial charge in [0.2, 0.25) is 0 Å². The molecule has 3 rings (SSSR count). The Morgan fingerprint density at radius 1 is 1.32 bits per heavy atom. The second-order valence-corrected chi connectivity index (χ2v) is 6.58. The van der Waals surface area contributed by atoms with Gasteiger partial charge in [0.15, 0.2) is 0 Å². The van der Waals surface area contributed by atoms with Crippen LogP contribution in [0.4, 0.5) is 9.18 Å². The molecule has 7 heteroatoms. The number of urea groups is 1. The van der Waals surface area contributed by atoms with Gasteiger partial charge in [0.05, 0.1) is 5.69 Å². The molecule has 0 bridgehead atoms. The van der Waals surface area contributed by atoms with Crippen molar-refractivity contribution in [3.05, 3.63) is 53.4 Å². The molecule has 6 nitrogen and oxygen atoms in total. The highest BCUT2D eigenvalue weighted by atomic mass is 19.1. The molecule has 0 aliphatic carbocycles. The molecule has 1 aliphatic heterocycles. The second-order valence-electron chi connectivity index (χ2n) is 6.58. The number of nitrogens with zero attached hydrogens (tertiary/aromatic N) is 4. The third kappa shape index (κ3) is 4.36. The summed E-state index contributed by atoms with van der Waals surface area (Å²) in [5.74, 6) is 0.734. The van der Waals surface area contributed by atoms with Gasteiger partial charge in [-0.1, -0.05) is 12.1 Å². The summed E-state index contributed by atoms with van der Waals surface area (Å²) in [4.78, 5) is 20.8. The molecular weight excluding hydrogens is 321 g/mol. The molecule has 0 saturated heterocycles. The molecule has 0 radical (unpaired) electrons. The predicted octanol–water partition coefficient (Wildman–Crippen LogP) is 1.85. The number of nitrogens with one attached hydrogen (secondary N) is 1. The predicted molar refractivity (Wildman–Crippen MR) is 93.5 cm³/mol. The molecule has 0 saturated carbocycles. The number of hydrogen-bond donors (Lipinski definition) is 1. The molecule has 1 aliphatic rings. The number of rotatable bonds is 4. The molecule has 2 aromatic rings. The maximum atomic E-state index is 13.2. The van der Waals surface area contributed by atoms with Crippen LogP contribution in [-0.2, 0) is 26.1 Å². The molecule has 25 heavy (non-hydrogen) atoms. The Morgan fingerprint density at radius 3 is 2.92 bits per heavy atom. The monoisotopic (exact) mass is 345 g/mol. The van der Waals surface area contributed by atoms with Gasteiger partial charge in [-0.25, -0.2) is 14.2 Å². The minimum absolute atomic E-state index is 0.121. The van der Waals surface area contributed by atoms with Crippen molar-refractivity contribution in [2.24, 2.45) is 0 Å². The normalized spacial score (nSPS) is 14.3. The lowest BCUT2D eigenvalue weighted by Crippen LogP contribution is -2.41. The van der Waals surface area contributed by atoms with Crippen LogP contribution in [0, 0.1) is 5.82 Å². The van der Waals surface area contributed by atoms with Crippen molar-refractivity contribution in [2.75, 3.05) is 27.2 Å². The Hall–Kier alpha value is -2.41. The van der Waals surface area contributed by atoms with Crippen molar-refractivity contribution in [3.8, 4) is 0 Å². The smallest absolute Gasteiger partial charge is 0.317 e. The lowest BCUT2D eigenvalue weighted by molar-refractivity contribution is 0.198. The first kappa shape index (κ1) is 17.4. The SMILES string of the molecule is CN(C)Cc1cnc2n1CCN(C(=O)NCc1cccc(F)c1)CC2. The van der Waals surface area contributed by atoms with E-state index in [1.54, 1.807) is 17.0 Å². The number of carbonyl (C=O) groups excluding carboxylic acids is 1. The van der Waals surface area contributed by atoms with E-state index in [2.05, 4.69) is 19.8 Å². The van der Waals surface area contributed by atoms with Crippen LogP contribution in [0.1, 0.15) is 17.1 Å². The van der Waals surface area contributed by atoms with E-state index in [0.29, 0.717) is 19.6 Å². The van der Waals surface area contributed by atoms with Crippen LogP contribution in [0.5, 0.6) is 0 Å². The summed E-state index contributed by atoms with van der Waals surface area (Å²) in [6, 6.07) is 6.16. The highest BCUT2D eigenvalue weighted by Gasteiger charge is 2.20. The fraction of sp³-hybridized carbons (Fsp3) is 0.444. The quantitative estimate of drug-likeness (QED) is 0.920. The Balaban J connectivity index is 1.58. The topological polar surface area (TPSA) is 53.4 Å². The number of imidazole rings is 1. The van der Waals surface area contributed by atoms with Gasteiger partial charge in [-0.3, -0.25) is 0 Å². The van der Waals surface area contributed by atoms with Crippen LogP contribution in [0.2, 0.25) is 0 Å². The number of fused-ring (bicyclic) bond motifs is 1. The van der Waals surface area contributed by atoms with Crippen molar-refractivity contribution in [1.82, 2.24) is 24.7 Å². The van der Waals surface area contributed by atoms with Gasteiger partial charge >= 0.3 is 6.03 Å². The third-order valence-corrected chi connectivity index (χ3v) is 4.32. The van der Waals surface area contributed by atoms with Crippen LogP contribution in [-0.4, -0.2) is 52.6 Å². The van der Waals surface area contributed by atoms with E-state index in [0.717, 1.165) is 30.9 Å². The minimum atomic E-state index is -0.291. The molecule has 0 atom stereocenters. The lowest BCUT2D eigenvalue weighted by Gasteiger charge is -2.21. The fourth-order valence-electron chi connectivity index (χ4n) is 3.08. The van der Waals surface area contributed by atoms with Gasteiger partial charge in [-0.05, 0) is 31.8 Å². The van der Waals surface area contributed by atoms with Crippen LogP contribution in [0.25, 0.3) is 0 Å². The summed E-state index contributed by atoms with van der Waals surface area (Å²) in [7, 11) is 4.06. The molecule has 0 spiro atoms. The van der Waals surface area contributed by atoms with E-state index in [4.69, 9.17) is 0 Å². The van der Waals surface area contributed by atoms with Crippen LogP contribution >= 0.6 is 0 Å². The van der Waals surface area contributed by atoms with Crippen molar-refractivity contribution in [3.63, 3.8) is 0 Å². The highest BCUT2D eigenvalue weighted by molar-refractivity contribution is 5.74. The zero-order valence-corrected chi connectivity index (χ0v) is 14.7. The zero-order valence-electron chi connectivity index (χ0n) is 14.7. The van der Waals surface area contributed by atoms with Gasteiger partial charge < -0.3 is 19.7 Å². The average molecular weight is 345 g/mol. The lowest BCUT2D eigenvalue weighted by atomic mass is 10.2. The summed E-state index contributed by atoms with van der Waals surface area (Å²) in [5, 5.41) is 2.87. The number of aromatic nitrogens is 2. The number of amides is 2. The average Bonchev–Trinajstić information content (AvgIpc) is 2.81. The van der Waals surface area contributed by atoms with E-state index < -0.39 is 0 Å². The zero-order chi connectivity index (χ0) is 17.8. The highest BCUT2D eigenvalue weighted by Crippen LogP contribution is 2.13. The van der Waals surface area contributed by atoms with Gasteiger partial charge in [-0.15, -0.1) is 0 Å². The Morgan fingerprint density at radius 2 is 2.16 bits per heavy atom. The molecule has 134 valence electrons. The molecule has 0 unspecified atom stereocenters. The first-order chi connectivity index (χ1) is 12.0. The first-order valence-electron chi connectivity index (χ1n) is 8.48. The molecule has 1 aromatic heterocycles. The van der Waals surface area contributed by atoms with Crippen LogP contribution in [0.15, 0.2) is 30.5 Å². The van der Waals surface area contributed by atoms with E-state index in [1.807, 2.05) is 20.3 Å². The van der Waals surface area contributed by atoms with Gasteiger partial charge in [-0.2, -0.15) is 0 Å². The van der Waals surface area contributed by atoms with Crippen molar-refractivity contribution < 1.29 is 9.18 Å². The number of hydrogen-bond acceptors (Lipinski definition) is 3. The van der Waals surface area contributed by atoms with Crippen molar-refractivity contribution in [1.29, 1.82) is 0 Å². The van der Waals surface area contributed by atoms with Gasteiger partial charge in [0.1, 0.15) is 11.6 Å². The minimum Gasteiger partial charge on any atom is -0.334 e. The standard InChI is InChI=1S/C18H24FN5O/c1-22(2)13-16-12-20-17-6-7-23(8-9-24(16)17)18(25)21-11-14-4-3-5-15(19)10-14/h3-5,10,12H,6-9,11,13H2,1-2H3,(H,21,25). The summed E-state index contributed by atoms with van der Waals surface area (Å²) < 4.78 is 15.4. The van der Waals surface area contributed by atoms with Crippen molar-refractivity contribution in [2.45, 2.75) is 26.1 Å². The Bertz CT molecular complexity index is 743. The molecular formula is C18H24FN5O. The summed E-state index contributed by atoms with van der Waals surface area (Å²) in [6.07, 6.45) is 2.66. The van der Waals surface area contributed by atoms with Gasteiger partial charge in [0.25, 0.3) is 0 Å². The van der Waals surface area contributed by atoms with E-state index in [9.17, 15) is 9.18 Å². The summed E-state index contributed by atoms with van der Waals surface area (Å²) in [5.41, 5.74) is 1.92. The van der Waals surface area contributed by atoms with E-state index >= 15 is 0 Å². The molecule has 2 amide bonds. The Labute approximate surface area is 147 Å².